The van der Waals surface area contributed by atoms with Crippen LogP contribution in [0.15, 0.2) is 71.6 Å². The quantitative estimate of drug-likeness (QED) is 0.279. The minimum Gasteiger partial charge on any atom is -0.478 e. The predicted octanol–water partition coefficient (Wildman–Crippen LogP) is 4.34. The van der Waals surface area contributed by atoms with Crippen LogP contribution in [-0.4, -0.2) is 63.1 Å². The molecule has 44 heavy (non-hydrogen) atoms. The van der Waals surface area contributed by atoms with Crippen molar-refractivity contribution in [1.29, 1.82) is 0 Å². The van der Waals surface area contributed by atoms with Crippen LogP contribution < -0.4 is 5.48 Å². The van der Waals surface area contributed by atoms with E-state index < -0.39 is 34.0 Å². The summed E-state index contributed by atoms with van der Waals surface area (Å²) in [4.78, 5) is 47.3. The fourth-order valence-electron chi connectivity index (χ4n) is 5.89. The molecule has 0 spiro atoms. The number of imidazole rings is 1. The number of benzene rings is 3. The number of nitrogens with one attached hydrogen (secondary N) is 1. The summed E-state index contributed by atoms with van der Waals surface area (Å²) < 4.78 is 31.4. The van der Waals surface area contributed by atoms with E-state index in [0.29, 0.717) is 57.2 Å². The smallest absolute Gasteiger partial charge is 0.379 e. The average molecular weight is 618 g/mol. The number of fused-ring (bicyclic) bond motifs is 2. The van der Waals surface area contributed by atoms with Crippen molar-refractivity contribution in [3.63, 3.8) is 0 Å². The largest absolute Gasteiger partial charge is 0.478 e. The fraction of sp³-hybridized carbons (Fsp3) is 0.290. The number of hydrogen-bond donors (Lipinski definition) is 2. The van der Waals surface area contributed by atoms with Crippen molar-refractivity contribution in [3.8, 4) is 11.1 Å². The highest BCUT2D eigenvalue weighted by Crippen LogP contribution is 2.35. The first kappa shape index (κ1) is 29.3. The molecular weight excluding hydrogens is 586 g/mol. The van der Waals surface area contributed by atoms with Crippen LogP contribution in [0.3, 0.4) is 0 Å². The lowest BCUT2D eigenvalue weighted by Crippen LogP contribution is -2.53. The third-order valence-corrected chi connectivity index (χ3v) is 9.67. The van der Waals surface area contributed by atoms with Gasteiger partial charge in [-0.3, -0.25) is 0 Å². The summed E-state index contributed by atoms with van der Waals surface area (Å²) in [5.74, 6) is -1.13. The second-order valence-corrected chi connectivity index (χ2v) is 12.5. The molecule has 6 rings (SSSR count). The normalized spacial score (nSPS) is 17.3. The lowest BCUT2D eigenvalue weighted by molar-refractivity contribution is -0.152. The number of para-hydroxylation sites is 1. The Bertz CT molecular complexity index is 1870. The van der Waals surface area contributed by atoms with Crippen molar-refractivity contribution in [2.24, 2.45) is 0 Å². The van der Waals surface area contributed by atoms with E-state index in [1.54, 1.807) is 48.5 Å². The van der Waals surface area contributed by atoms with Gasteiger partial charge < -0.3 is 14.5 Å². The van der Waals surface area contributed by atoms with Gasteiger partial charge in [0.15, 0.2) is 0 Å². The second kappa shape index (κ2) is 11.7. The molecule has 1 atom stereocenters. The van der Waals surface area contributed by atoms with E-state index >= 15 is 0 Å². The molecule has 228 valence electrons. The number of amides is 2. The molecule has 2 saturated heterocycles. The number of hydroxylamine groups is 1. The van der Waals surface area contributed by atoms with Gasteiger partial charge in [-0.2, -0.15) is 18.9 Å². The lowest BCUT2D eigenvalue weighted by atomic mass is 10.0. The number of rotatable bonds is 9. The number of unbranched alkanes of at least 4 members (excludes halogenated alkanes) is 1. The van der Waals surface area contributed by atoms with Gasteiger partial charge in [-0.05, 0) is 48.6 Å². The minimum absolute atomic E-state index is 0.0949. The number of aromatic nitrogens is 2. The third kappa shape index (κ3) is 5.18. The minimum atomic E-state index is -4.58. The molecule has 0 bridgehead atoms. The number of nitrogens with zero attached hydrogens (tertiary/aromatic N) is 4. The molecule has 2 fully saturated rings. The van der Waals surface area contributed by atoms with Gasteiger partial charge in [0.05, 0.1) is 21.5 Å². The van der Waals surface area contributed by atoms with E-state index in [9.17, 15) is 27.9 Å². The maximum absolute atomic E-state index is 14.5. The number of hydrazine groups is 1. The number of carboxylic acids is 1. The summed E-state index contributed by atoms with van der Waals surface area (Å²) in [7, 11) is -4.58. The number of hydrogen-bond acceptors (Lipinski definition) is 8. The van der Waals surface area contributed by atoms with Crippen LogP contribution in [0.4, 0.5) is 4.79 Å². The second-order valence-electron chi connectivity index (χ2n) is 10.8. The van der Waals surface area contributed by atoms with Crippen molar-refractivity contribution in [2.45, 2.75) is 56.5 Å². The zero-order chi connectivity index (χ0) is 31.0. The van der Waals surface area contributed by atoms with E-state index in [0.717, 1.165) is 12.8 Å². The standard InChI is InChI=1S/C31H31N5O7S/c1-2-3-14-27-32-24-12-7-11-23(29(37)38)28(24)34(27)19-20-15-16-22(21-9-5-4-6-10-21)26(18-20)44(41,42)36-31(40)33-43-30(39)25-13-8-17-35(25)36/h4-7,9-12,15-16,18,25H,2-3,8,13-14,17,19H2,1H3,(H,33,40)(H,37,38). The summed E-state index contributed by atoms with van der Waals surface area (Å²) in [6.45, 7) is 2.36. The Morgan fingerprint density at radius 2 is 1.89 bits per heavy atom. The van der Waals surface area contributed by atoms with Crippen LogP contribution in [0.5, 0.6) is 0 Å². The van der Waals surface area contributed by atoms with Crippen LogP contribution in [0.25, 0.3) is 22.2 Å². The SMILES string of the molecule is CCCCc1nc2cccc(C(=O)O)c2n1Cc1ccc(-c2ccccc2)c(S(=O)(=O)N2C(=O)NOC(=O)C3CCCN32)c1. The Kier molecular flexibility index (Phi) is 7.82. The molecule has 1 unspecified atom stereocenters. The average Bonchev–Trinajstić information content (AvgIpc) is 3.61. The fourth-order valence-corrected chi connectivity index (χ4v) is 7.56. The van der Waals surface area contributed by atoms with Gasteiger partial charge in [0.25, 0.3) is 10.0 Å². The highest BCUT2D eigenvalue weighted by atomic mass is 32.2. The highest BCUT2D eigenvalue weighted by Gasteiger charge is 2.47. The van der Waals surface area contributed by atoms with Gasteiger partial charge in [-0.1, -0.05) is 61.9 Å². The predicted molar refractivity (Wildman–Crippen MR) is 160 cm³/mol. The summed E-state index contributed by atoms with van der Waals surface area (Å²) in [6.07, 6.45) is 3.19. The maximum Gasteiger partial charge on any atom is 0.379 e. The van der Waals surface area contributed by atoms with Crippen molar-refractivity contribution in [3.05, 3.63) is 83.7 Å². The van der Waals surface area contributed by atoms with Gasteiger partial charge in [-0.15, -0.1) is 4.41 Å². The molecule has 3 aromatic carbocycles. The van der Waals surface area contributed by atoms with Crippen LogP contribution in [0, 0.1) is 0 Å². The Balaban J connectivity index is 1.51. The number of carbonyl (C=O) groups excluding carboxylic acids is 2. The molecule has 2 N–H and O–H groups in total. The molecule has 0 saturated carbocycles. The maximum atomic E-state index is 14.5. The Labute approximate surface area is 253 Å². The topological polar surface area (TPSA) is 151 Å². The highest BCUT2D eigenvalue weighted by molar-refractivity contribution is 7.89. The van der Waals surface area contributed by atoms with Gasteiger partial charge in [-0.25, -0.2) is 19.4 Å². The van der Waals surface area contributed by atoms with E-state index in [4.69, 9.17) is 9.82 Å². The monoisotopic (exact) mass is 617 g/mol. The van der Waals surface area contributed by atoms with Crippen molar-refractivity contribution in [2.75, 3.05) is 6.54 Å². The summed E-state index contributed by atoms with van der Waals surface area (Å²) in [5, 5.41) is 11.2. The first-order valence-electron chi connectivity index (χ1n) is 14.4. The van der Waals surface area contributed by atoms with E-state index in [-0.39, 0.29) is 23.5 Å². The number of sulfonamides is 1. The van der Waals surface area contributed by atoms with Gasteiger partial charge in [0, 0.05) is 25.1 Å². The molecule has 1 aromatic heterocycles. The van der Waals surface area contributed by atoms with Gasteiger partial charge >= 0.3 is 18.0 Å². The molecule has 2 aliphatic rings. The van der Waals surface area contributed by atoms with Crippen LogP contribution in [-0.2, 0) is 32.6 Å². The number of aryl methyl sites for hydroxylation is 1. The summed E-state index contributed by atoms with van der Waals surface area (Å²) >= 11 is 0. The van der Waals surface area contributed by atoms with Crippen LogP contribution in [0.1, 0.15) is 54.4 Å². The lowest BCUT2D eigenvalue weighted by Gasteiger charge is -2.30. The van der Waals surface area contributed by atoms with Gasteiger partial charge in [0.2, 0.25) is 0 Å². The summed E-state index contributed by atoms with van der Waals surface area (Å²) in [6, 6.07) is 16.8. The molecule has 4 aromatic rings. The Morgan fingerprint density at radius 1 is 1.09 bits per heavy atom. The van der Waals surface area contributed by atoms with Crippen LogP contribution in [0.2, 0.25) is 0 Å². The van der Waals surface area contributed by atoms with E-state index in [2.05, 4.69) is 6.92 Å². The molecule has 0 radical (unpaired) electrons. The number of urea groups is 1. The summed E-state index contributed by atoms with van der Waals surface area (Å²) in [5.41, 5.74) is 4.59. The van der Waals surface area contributed by atoms with Crippen molar-refractivity contribution >= 4 is 39.0 Å². The third-order valence-electron chi connectivity index (χ3n) is 7.95. The first-order chi connectivity index (χ1) is 21.2. The number of carboxylic acid groups (broad SMARTS) is 1. The van der Waals surface area contributed by atoms with E-state index in [1.807, 2.05) is 16.1 Å². The molecule has 13 heteroatoms. The van der Waals surface area contributed by atoms with Crippen molar-refractivity contribution < 1.29 is 32.7 Å². The zero-order valence-corrected chi connectivity index (χ0v) is 24.8. The zero-order valence-electron chi connectivity index (χ0n) is 24.0. The van der Waals surface area contributed by atoms with Crippen LogP contribution >= 0.6 is 0 Å². The molecular formula is C31H31N5O7S. The molecule has 2 amide bonds. The number of aromatic carboxylic acids is 1. The molecule has 3 heterocycles. The Hall–Kier alpha value is -4.75. The van der Waals surface area contributed by atoms with E-state index in [1.165, 1.54) is 17.1 Å². The molecule has 12 nitrogen and oxygen atoms in total. The first-order valence-corrected chi connectivity index (χ1v) is 15.9. The Morgan fingerprint density at radius 3 is 2.64 bits per heavy atom. The van der Waals surface area contributed by atoms with Crippen molar-refractivity contribution in [1.82, 2.24) is 24.5 Å². The number of carbonyl (C=O) groups is 3. The molecule has 0 aliphatic carbocycles. The van der Waals surface area contributed by atoms with Gasteiger partial charge in [0.1, 0.15) is 11.9 Å². The molecule has 2 aliphatic heterocycles.